The maximum atomic E-state index is 12.4. The number of nitrogens with one attached hydrogen (secondary N) is 1. The number of hydrogen-bond acceptors (Lipinski definition) is 4. The van der Waals surface area contributed by atoms with Gasteiger partial charge in [-0.25, -0.2) is 0 Å². The van der Waals surface area contributed by atoms with Gasteiger partial charge in [-0.3, -0.25) is 4.79 Å². The first-order valence-corrected chi connectivity index (χ1v) is 7.53. The number of nitriles is 1. The molecule has 0 aliphatic carbocycles. The quantitative estimate of drug-likeness (QED) is 0.606. The summed E-state index contributed by atoms with van der Waals surface area (Å²) >= 11 is 0. The minimum atomic E-state index is -0.126. The number of carbonyl (C=O) groups is 1. The van der Waals surface area contributed by atoms with E-state index in [1.807, 2.05) is 0 Å². The van der Waals surface area contributed by atoms with E-state index in [1.54, 1.807) is 11.1 Å². The summed E-state index contributed by atoms with van der Waals surface area (Å²) < 4.78 is 0. The van der Waals surface area contributed by atoms with Gasteiger partial charge in [-0.15, -0.1) is 0 Å². The van der Waals surface area contributed by atoms with Gasteiger partial charge in [0.1, 0.15) is 11.6 Å². The minimum absolute atomic E-state index is 0.126. The van der Waals surface area contributed by atoms with Crippen molar-refractivity contribution >= 4 is 5.91 Å². The number of carbonyl (C=O) groups excluding carboxylic acids is 1. The number of piperidine rings is 1. The lowest BCUT2D eigenvalue weighted by Crippen LogP contribution is -2.47. The van der Waals surface area contributed by atoms with Gasteiger partial charge in [0, 0.05) is 44.5 Å². The SMILES string of the molecule is CC1CCCC(C)N1/C=C(/C#N)C(=O)N1CCNCC1. The zero-order valence-corrected chi connectivity index (χ0v) is 12.4. The van der Waals surface area contributed by atoms with Gasteiger partial charge in [0.05, 0.1) is 0 Å². The van der Waals surface area contributed by atoms with E-state index < -0.39 is 0 Å². The lowest BCUT2D eigenvalue weighted by atomic mass is 9.98. The van der Waals surface area contributed by atoms with Crippen molar-refractivity contribution in [3.8, 4) is 6.07 Å². The van der Waals surface area contributed by atoms with Crippen molar-refractivity contribution in [1.29, 1.82) is 5.26 Å². The lowest BCUT2D eigenvalue weighted by Gasteiger charge is -2.38. The average molecular weight is 276 g/mol. The van der Waals surface area contributed by atoms with E-state index in [9.17, 15) is 10.1 Å². The number of nitrogens with zero attached hydrogens (tertiary/aromatic N) is 3. The van der Waals surface area contributed by atoms with Gasteiger partial charge in [-0.2, -0.15) is 5.26 Å². The predicted octanol–water partition coefficient (Wildman–Crippen LogP) is 1.09. The molecule has 2 atom stereocenters. The fraction of sp³-hybridized carbons (Fsp3) is 0.733. The van der Waals surface area contributed by atoms with Crippen molar-refractivity contribution in [2.45, 2.75) is 45.2 Å². The molecular formula is C15H24N4O. The maximum Gasteiger partial charge on any atom is 0.266 e. The van der Waals surface area contributed by atoms with Gasteiger partial charge in [0.25, 0.3) is 5.91 Å². The predicted molar refractivity (Wildman–Crippen MR) is 77.8 cm³/mol. The number of likely N-dealkylation sites (tertiary alicyclic amines) is 1. The first kappa shape index (κ1) is 14.9. The molecule has 2 aliphatic heterocycles. The lowest BCUT2D eigenvalue weighted by molar-refractivity contribution is -0.127. The largest absolute Gasteiger partial charge is 0.371 e. The van der Waals surface area contributed by atoms with Crippen molar-refractivity contribution in [3.63, 3.8) is 0 Å². The molecule has 2 rings (SSSR count). The molecule has 0 aromatic heterocycles. The van der Waals surface area contributed by atoms with Crippen molar-refractivity contribution in [2.75, 3.05) is 26.2 Å². The van der Waals surface area contributed by atoms with Crippen LogP contribution >= 0.6 is 0 Å². The molecule has 0 spiro atoms. The summed E-state index contributed by atoms with van der Waals surface area (Å²) in [6.07, 6.45) is 5.27. The third kappa shape index (κ3) is 3.31. The highest BCUT2D eigenvalue weighted by molar-refractivity contribution is 5.97. The van der Waals surface area contributed by atoms with Crippen LogP contribution in [0.25, 0.3) is 0 Å². The summed E-state index contributed by atoms with van der Waals surface area (Å²) in [5.41, 5.74) is 0.271. The first-order valence-electron chi connectivity index (χ1n) is 7.53. The second-order valence-electron chi connectivity index (χ2n) is 5.77. The highest BCUT2D eigenvalue weighted by Crippen LogP contribution is 2.23. The Hall–Kier alpha value is -1.54. The fourth-order valence-electron chi connectivity index (χ4n) is 3.01. The van der Waals surface area contributed by atoms with E-state index in [0.29, 0.717) is 25.2 Å². The van der Waals surface area contributed by atoms with E-state index >= 15 is 0 Å². The van der Waals surface area contributed by atoms with Gasteiger partial charge >= 0.3 is 0 Å². The molecule has 2 saturated heterocycles. The van der Waals surface area contributed by atoms with E-state index in [-0.39, 0.29) is 11.5 Å². The smallest absolute Gasteiger partial charge is 0.266 e. The highest BCUT2D eigenvalue weighted by Gasteiger charge is 2.25. The topological polar surface area (TPSA) is 59.4 Å². The third-order valence-corrected chi connectivity index (χ3v) is 4.29. The number of amides is 1. The maximum absolute atomic E-state index is 12.4. The molecular weight excluding hydrogens is 252 g/mol. The molecule has 0 radical (unpaired) electrons. The monoisotopic (exact) mass is 276 g/mol. The second-order valence-corrected chi connectivity index (χ2v) is 5.77. The summed E-state index contributed by atoms with van der Waals surface area (Å²) in [6.45, 7) is 7.31. The molecule has 5 heteroatoms. The molecule has 2 heterocycles. The van der Waals surface area contributed by atoms with Crippen LogP contribution in [0.5, 0.6) is 0 Å². The molecule has 1 amide bonds. The Morgan fingerprint density at radius 2 is 1.85 bits per heavy atom. The molecule has 110 valence electrons. The molecule has 5 nitrogen and oxygen atoms in total. The molecule has 0 aromatic carbocycles. The van der Waals surface area contributed by atoms with Crippen LogP contribution in [0.15, 0.2) is 11.8 Å². The molecule has 1 N–H and O–H groups in total. The standard InChI is InChI=1S/C15H24N4O/c1-12-4-3-5-13(2)19(12)11-14(10-16)15(20)18-8-6-17-7-9-18/h11-13,17H,3-9H2,1-2H3/b14-11-. The van der Waals surface area contributed by atoms with Gasteiger partial charge in [0.2, 0.25) is 0 Å². The van der Waals surface area contributed by atoms with Crippen molar-refractivity contribution in [2.24, 2.45) is 0 Å². The van der Waals surface area contributed by atoms with Crippen LogP contribution in [0.4, 0.5) is 0 Å². The zero-order valence-electron chi connectivity index (χ0n) is 12.4. The summed E-state index contributed by atoms with van der Waals surface area (Å²) in [5, 5.41) is 12.5. The average Bonchev–Trinajstić information content (AvgIpc) is 2.47. The number of rotatable bonds is 2. The third-order valence-electron chi connectivity index (χ3n) is 4.29. The summed E-state index contributed by atoms with van der Waals surface area (Å²) in [5.74, 6) is -0.126. The van der Waals surface area contributed by atoms with E-state index in [2.05, 4.69) is 30.1 Å². The Labute approximate surface area is 121 Å². The van der Waals surface area contributed by atoms with Crippen LogP contribution in [-0.2, 0) is 4.79 Å². The van der Waals surface area contributed by atoms with Crippen molar-refractivity contribution in [3.05, 3.63) is 11.8 Å². The van der Waals surface area contributed by atoms with Crippen LogP contribution in [-0.4, -0.2) is 54.0 Å². The van der Waals surface area contributed by atoms with Crippen LogP contribution in [0.3, 0.4) is 0 Å². The molecule has 2 aliphatic rings. The molecule has 20 heavy (non-hydrogen) atoms. The van der Waals surface area contributed by atoms with Gasteiger partial charge in [-0.05, 0) is 33.1 Å². The zero-order chi connectivity index (χ0) is 14.5. The van der Waals surface area contributed by atoms with Crippen LogP contribution < -0.4 is 5.32 Å². The molecule has 0 bridgehead atoms. The van der Waals surface area contributed by atoms with E-state index in [0.717, 1.165) is 25.9 Å². The van der Waals surface area contributed by atoms with E-state index in [4.69, 9.17) is 0 Å². The highest BCUT2D eigenvalue weighted by atomic mass is 16.2. The molecule has 0 saturated carbocycles. The van der Waals surface area contributed by atoms with Crippen molar-refractivity contribution in [1.82, 2.24) is 15.1 Å². The summed E-state index contributed by atoms with van der Waals surface area (Å²) in [6, 6.07) is 2.90. The fourth-order valence-corrected chi connectivity index (χ4v) is 3.01. The van der Waals surface area contributed by atoms with Crippen LogP contribution in [0, 0.1) is 11.3 Å². The first-order chi connectivity index (χ1) is 9.63. The Balaban J connectivity index is 2.11. The number of piperazine rings is 1. The van der Waals surface area contributed by atoms with E-state index in [1.165, 1.54) is 6.42 Å². The van der Waals surface area contributed by atoms with Gasteiger partial charge in [0.15, 0.2) is 0 Å². The molecule has 2 fully saturated rings. The minimum Gasteiger partial charge on any atom is -0.371 e. The Bertz CT molecular complexity index is 410. The second kappa shape index (κ2) is 6.76. The molecule has 2 unspecified atom stereocenters. The summed E-state index contributed by atoms with van der Waals surface area (Å²) in [4.78, 5) is 16.3. The van der Waals surface area contributed by atoms with Crippen molar-refractivity contribution < 1.29 is 4.79 Å². The normalized spacial score (nSPS) is 28.1. The summed E-state index contributed by atoms with van der Waals surface area (Å²) in [7, 11) is 0. The molecule has 0 aromatic rings. The Morgan fingerprint density at radius 3 is 2.40 bits per heavy atom. The Kier molecular flexibility index (Phi) is 5.02. The Morgan fingerprint density at radius 1 is 1.25 bits per heavy atom. The van der Waals surface area contributed by atoms with Crippen LogP contribution in [0.2, 0.25) is 0 Å². The van der Waals surface area contributed by atoms with Crippen LogP contribution in [0.1, 0.15) is 33.1 Å². The van der Waals surface area contributed by atoms with Gasteiger partial charge in [-0.1, -0.05) is 0 Å². The van der Waals surface area contributed by atoms with Gasteiger partial charge < -0.3 is 15.1 Å². The number of hydrogen-bond donors (Lipinski definition) is 1.